The minimum Gasteiger partial charge on any atom is -0.386 e. The van der Waals surface area contributed by atoms with Gasteiger partial charge in [0, 0.05) is 5.56 Å². The van der Waals surface area contributed by atoms with Gasteiger partial charge in [-0.1, -0.05) is 6.07 Å². The minimum absolute atomic E-state index is 0.278. The van der Waals surface area contributed by atoms with Crippen LogP contribution in [0, 0.1) is 11.9 Å². The summed E-state index contributed by atoms with van der Waals surface area (Å²) in [5.74, 6) is -0.392. The molecule has 0 aliphatic carbocycles. The van der Waals surface area contributed by atoms with Gasteiger partial charge < -0.3 is 5.11 Å². The Kier molecular flexibility index (Phi) is 1.96. The van der Waals surface area contributed by atoms with E-state index in [4.69, 9.17) is 0 Å². The first kappa shape index (κ1) is 8.21. The average molecular weight is 153 g/mol. The van der Waals surface area contributed by atoms with Gasteiger partial charge in [0.05, 0.1) is 5.60 Å². The fourth-order valence-corrected chi connectivity index (χ4v) is 0.880. The number of benzene rings is 1. The summed E-state index contributed by atoms with van der Waals surface area (Å²) in [6.45, 7) is 3.08. The Balaban J connectivity index is 3.14. The number of aliphatic hydroxyl groups is 1. The van der Waals surface area contributed by atoms with Crippen LogP contribution in [0.25, 0.3) is 0 Å². The van der Waals surface area contributed by atoms with Crippen LogP contribution in [0.15, 0.2) is 18.2 Å². The molecule has 0 unspecified atom stereocenters. The lowest BCUT2D eigenvalue weighted by Gasteiger charge is -2.17. The van der Waals surface area contributed by atoms with E-state index < -0.39 is 11.4 Å². The highest BCUT2D eigenvalue weighted by atomic mass is 19.1. The lowest BCUT2D eigenvalue weighted by atomic mass is 9.98. The lowest BCUT2D eigenvalue weighted by molar-refractivity contribution is 0.0745. The molecule has 0 bridgehead atoms. The summed E-state index contributed by atoms with van der Waals surface area (Å²) in [6, 6.07) is 6.92. The van der Waals surface area contributed by atoms with Gasteiger partial charge in [-0.05, 0) is 32.0 Å². The molecule has 0 saturated carbocycles. The third-order valence-corrected chi connectivity index (χ3v) is 1.47. The molecule has 0 heterocycles. The Hall–Kier alpha value is -0.890. The second kappa shape index (κ2) is 2.62. The van der Waals surface area contributed by atoms with Gasteiger partial charge in [0.15, 0.2) is 0 Å². The van der Waals surface area contributed by atoms with Crippen LogP contribution in [0.5, 0.6) is 0 Å². The van der Waals surface area contributed by atoms with Crippen molar-refractivity contribution in [2.24, 2.45) is 0 Å². The summed E-state index contributed by atoms with van der Waals surface area (Å²) < 4.78 is 12.9. The molecular formula is C9H10FO. The molecule has 1 nitrogen and oxygen atoms in total. The summed E-state index contributed by atoms with van der Waals surface area (Å²) in [7, 11) is 0. The predicted molar refractivity (Wildman–Crippen MR) is 40.5 cm³/mol. The molecule has 1 aromatic rings. The van der Waals surface area contributed by atoms with E-state index in [1.165, 1.54) is 18.2 Å². The average Bonchev–Trinajstić information content (AvgIpc) is 1.86. The van der Waals surface area contributed by atoms with Crippen LogP contribution in [0.3, 0.4) is 0 Å². The van der Waals surface area contributed by atoms with Crippen molar-refractivity contribution in [3.63, 3.8) is 0 Å². The van der Waals surface area contributed by atoms with Crippen molar-refractivity contribution in [1.29, 1.82) is 0 Å². The molecular weight excluding hydrogens is 143 g/mol. The normalized spacial score (nSPS) is 11.6. The molecule has 59 valence electrons. The van der Waals surface area contributed by atoms with Gasteiger partial charge in [-0.3, -0.25) is 0 Å². The second-order valence-electron chi connectivity index (χ2n) is 2.96. The van der Waals surface area contributed by atoms with Crippen molar-refractivity contribution in [3.8, 4) is 0 Å². The van der Waals surface area contributed by atoms with Crippen molar-refractivity contribution in [2.45, 2.75) is 19.4 Å². The molecule has 11 heavy (non-hydrogen) atoms. The number of halogens is 1. The van der Waals surface area contributed by atoms with Gasteiger partial charge in [-0.15, -0.1) is 0 Å². The zero-order chi connectivity index (χ0) is 8.48. The van der Waals surface area contributed by atoms with Crippen LogP contribution < -0.4 is 0 Å². The Bertz CT molecular complexity index is 250. The molecule has 0 fully saturated rings. The van der Waals surface area contributed by atoms with Crippen molar-refractivity contribution in [1.82, 2.24) is 0 Å². The molecule has 0 saturated heterocycles. The quantitative estimate of drug-likeness (QED) is 0.652. The van der Waals surface area contributed by atoms with Crippen molar-refractivity contribution in [2.75, 3.05) is 0 Å². The molecule has 0 aliphatic heterocycles. The maximum absolute atomic E-state index is 12.9. The Morgan fingerprint density at radius 3 is 2.55 bits per heavy atom. The van der Waals surface area contributed by atoms with Crippen LogP contribution in [0.4, 0.5) is 4.39 Å². The Morgan fingerprint density at radius 2 is 2.18 bits per heavy atom. The van der Waals surface area contributed by atoms with Gasteiger partial charge in [-0.25, -0.2) is 4.39 Å². The predicted octanol–water partition coefficient (Wildman–Crippen LogP) is 1.85. The second-order valence-corrected chi connectivity index (χ2v) is 2.96. The topological polar surface area (TPSA) is 20.2 Å². The molecule has 1 aromatic carbocycles. The first-order chi connectivity index (χ1) is 5.02. The SMILES string of the molecule is CC(C)(O)c1c[c]ccc1F. The fourth-order valence-electron chi connectivity index (χ4n) is 0.880. The summed E-state index contributed by atoms with van der Waals surface area (Å²) >= 11 is 0. The van der Waals surface area contributed by atoms with Crippen molar-refractivity contribution < 1.29 is 9.50 Å². The summed E-state index contributed by atoms with van der Waals surface area (Å²) in [5, 5.41) is 9.41. The van der Waals surface area contributed by atoms with Gasteiger partial charge in [0.25, 0.3) is 0 Å². The van der Waals surface area contributed by atoms with Crippen LogP contribution in [-0.4, -0.2) is 5.11 Å². The van der Waals surface area contributed by atoms with E-state index in [0.29, 0.717) is 0 Å². The smallest absolute Gasteiger partial charge is 0.129 e. The third kappa shape index (κ3) is 1.77. The Labute approximate surface area is 65.5 Å². The molecule has 1 rings (SSSR count). The monoisotopic (exact) mass is 153 g/mol. The summed E-state index contributed by atoms with van der Waals surface area (Å²) in [5.41, 5.74) is -0.845. The highest BCUT2D eigenvalue weighted by Crippen LogP contribution is 2.21. The van der Waals surface area contributed by atoms with Gasteiger partial charge in [0.1, 0.15) is 5.82 Å². The van der Waals surface area contributed by atoms with E-state index in [2.05, 4.69) is 6.07 Å². The first-order valence-electron chi connectivity index (χ1n) is 3.40. The van der Waals surface area contributed by atoms with Crippen LogP contribution >= 0.6 is 0 Å². The summed E-state index contributed by atoms with van der Waals surface area (Å²) in [6.07, 6.45) is 0. The zero-order valence-corrected chi connectivity index (χ0v) is 6.56. The molecule has 1 radical (unpaired) electrons. The van der Waals surface area contributed by atoms with Gasteiger partial charge >= 0.3 is 0 Å². The summed E-state index contributed by atoms with van der Waals surface area (Å²) in [4.78, 5) is 0. The molecule has 0 aliphatic rings. The van der Waals surface area contributed by atoms with E-state index in [9.17, 15) is 9.50 Å². The van der Waals surface area contributed by atoms with Gasteiger partial charge in [0.2, 0.25) is 0 Å². The standard InChI is InChI=1S/C9H10FO/c1-9(2,11)7-5-3-4-6-8(7)10/h4-6,11H,1-2H3. The van der Waals surface area contributed by atoms with E-state index >= 15 is 0 Å². The zero-order valence-electron chi connectivity index (χ0n) is 6.56. The first-order valence-corrected chi connectivity index (χ1v) is 3.40. The maximum Gasteiger partial charge on any atom is 0.129 e. The highest BCUT2D eigenvalue weighted by molar-refractivity contribution is 5.21. The van der Waals surface area contributed by atoms with Crippen molar-refractivity contribution >= 4 is 0 Å². The number of hydrogen-bond donors (Lipinski definition) is 1. The lowest BCUT2D eigenvalue weighted by Crippen LogP contribution is -2.17. The molecule has 2 heteroatoms. The van der Waals surface area contributed by atoms with Gasteiger partial charge in [-0.2, -0.15) is 0 Å². The maximum atomic E-state index is 12.9. The van der Waals surface area contributed by atoms with Crippen LogP contribution in [0.2, 0.25) is 0 Å². The van der Waals surface area contributed by atoms with E-state index in [-0.39, 0.29) is 5.56 Å². The van der Waals surface area contributed by atoms with E-state index in [0.717, 1.165) is 0 Å². The largest absolute Gasteiger partial charge is 0.386 e. The molecule has 0 spiro atoms. The molecule has 0 aromatic heterocycles. The van der Waals surface area contributed by atoms with E-state index in [1.54, 1.807) is 13.8 Å². The number of hydrogen-bond acceptors (Lipinski definition) is 1. The third-order valence-electron chi connectivity index (χ3n) is 1.47. The molecule has 1 N–H and O–H groups in total. The molecule has 0 amide bonds. The van der Waals surface area contributed by atoms with E-state index in [1.807, 2.05) is 0 Å². The van der Waals surface area contributed by atoms with Crippen LogP contribution in [0.1, 0.15) is 19.4 Å². The van der Waals surface area contributed by atoms with Crippen LogP contribution in [-0.2, 0) is 5.60 Å². The Morgan fingerprint density at radius 1 is 1.55 bits per heavy atom. The fraction of sp³-hybridized carbons (Fsp3) is 0.333. The minimum atomic E-state index is -1.12. The number of rotatable bonds is 1. The molecule has 0 atom stereocenters. The van der Waals surface area contributed by atoms with Crippen molar-refractivity contribution in [3.05, 3.63) is 35.6 Å². The highest BCUT2D eigenvalue weighted by Gasteiger charge is 2.19.